The van der Waals surface area contributed by atoms with Crippen molar-refractivity contribution in [3.63, 3.8) is 0 Å². The molecule has 0 aliphatic heterocycles. The lowest BCUT2D eigenvalue weighted by atomic mass is 10.0. The second-order valence-corrected chi connectivity index (χ2v) is 4.26. The van der Waals surface area contributed by atoms with Gasteiger partial charge in [0, 0.05) is 0 Å². The lowest BCUT2D eigenvalue weighted by molar-refractivity contribution is 0.453. The molecule has 2 N–H and O–H groups in total. The number of benzene rings is 1. The number of para-hydroxylation sites is 2. The van der Waals surface area contributed by atoms with Crippen LogP contribution in [-0.2, 0) is 12.8 Å². The lowest BCUT2D eigenvalue weighted by Crippen LogP contribution is -2.05. The van der Waals surface area contributed by atoms with Gasteiger partial charge in [0.05, 0.1) is 11.4 Å². The van der Waals surface area contributed by atoms with Crippen molar-refractivity contribution in [2.24, 2.45) is 0 Å². The van der Waals surface area contributed by atoms with Gasteiger partial charge in [-0.15, -0.1) is 5.10 Å². The van der Waals surface area contributed by atoms with Gasteiger partial charge < -0.3 is 10.5 Å². The average molecular weight is 268 g/mol. The Kier molecular flexibility index (Phi) is 4.16. The van der Waals surface area contributed by atoms with E-state index in [4.69, 9.17) is 10.5 Å². The molecule has 5 nitrogen and oxygen atoms in total. The Balaban J connectivity index is 2.48. The van der Waals surface area contributed by atoms with E-state index >= 15 is 0 Å². The summed E-state index contributed by atoms with van der Waals surface area (Å²) >= 11 is 0. The number of nitrogens with zero attached hydrogens (tertiary/aromatic N) is 3. The number of nitriles is 1. The number of anilines is 1. The standard InChI is InChI=1S/C15H16N4O/c1-3-10-11(9-16)15(19-18-13(10)4-2)20-14-8-6-5-7-12(14)17/h5-8H,3-4,17H2,1-2H3. The van der Waals surface area contributed by atoms with Crippen molar-refractivity contribution in [3.05, 3.63) is 41.1 Å². The van der Waals surface area contributed by atoms with Crippen LogP contribution in [0, 0.1) is 11.3 Å². The van der Waals surface area contributed by atoms with E-state index in [-0.39, 0.29) is 5.88 Å². The second kappa shape index (κ2) is 6.02. The Hall–Kier alpha value is -2.61. The smallest absolute Gasteiger partial charge is 0.257 e. The van der Waals surface area contributed by atoms with Crippen LogP contribution >= 0.6 is 0 Å². The van der Waals surface area contributed by atoms with Gasteiger partial charge in [0.25, 0.3) is 5.88 Å². The second-order valence-electron chi connectivity index (χ2n) is 4.26. The Labute approximate surface area is 118 Å². The highest BCUT2D eigenvalue weighted by atomic mass is 16.5. The number of aromatic nitrogens is 2. The van der Waals surface area contributed by atoms with E-state index in [9.17, 15) is 5.26 Å². The first-order chi connectivity index (χ1) is 9.71. The zero-order valence-electron chi connectivity index (χ0n) is 11.6. The fourth-order valence-corrected chi connectivity index (χ4v) is 2.02. The van der Waals surface area contributed by atoms with Crippen LogP contribution < -0.4 is 10.5 Å². The highest BCUT2D eigenvalue weighted by Crippen LogP contribution is 2.29. The molecule has 0 spiro atoms. The van der Waals surface area contributed by atoms with E-state index in [1.807, 2.05) is 26.0 Å². The molecular weight excluding hydrogens is 252 g/mol. The van der Waals surface area contributed by atoms with Crippen molar-refractivity contribution in [2.75, 3.05) is 5.73 Å². The molecule has 2 aromatic rings. The van der Waals surface area contributed by atoms with Crippen molar-refractivity contribution >= 4 is 5.69 Å². The first-order valence-electron chi connectivity index (χ1n) is 6.52. The molecule has 2 rings (SSSR count). The van der Waals surface area contributed by atoms with E-state index in [0.29, 0.717) is 23.4 Å². The number of nitrogens with two attached hydrogens (primary N) is 1. The summed E-state index contributed by atoms with van der Waals surface area (Å²) in [4.78, 5) is 0. The quantitative estimate of drug-likeness (QED) is 0.862. The molecule has 0 aliphatic rings. The van der Waals surface area contributed by atoms with E-state index in [0.717, 1.165) is 17.7 Å². The fourth-order valence-electron chi connectivity index (χ4n) is 2.02. The number of rotatable bonds is 4. The van der Waals surface area contributed by atoms with Crippen LogP contribution in [0.25, 0.3) is 0 Å². The number of ether oxygens (including phenoxy) is 1. The number of hydrogen-bond donors (Lipinski definition) is 1. The summed E-state index contributed by atoms with van der Waals surface area (Å²) in [5, 5.41) is 17.5. The predicted octanol–water partition coefficient (Wildman–Crippen LogP) is 2.85. The van der Waals surface area contributed by atoms with Crippen LogP contribution in [0.5, 0.6) is 11.6 Å². The summed E-state index contributed by atoms with van der Waals surface area (Å²) in [5.74, 6) is 0.684. The van der Waals surface area contributed by atoms with Crippen molar-refractivity contribution in [3.8, 4) is 17.7 Å². The van der Waals surface area contributed by atoms with E-state index in [2.05, 4.69) is 16.3 Å². The van der Waals surface area contributed by atoms with Gasteiger partial charge in [-0.25, -0.2) is 0 Å². The zero-order valence-corrected chi connectivity index (χ0v) is 11.6. The SMILES string of the molecule is CCc1nnc(Oc2ccccc2N)c(C#N)c1CC. The van der Waals surface area contributed by atoms with Gasteiger partial charge in [0.1, 0.15) is 11.6 Å². The third kappa shape index (κ3) is 2.54. The van der Waals surface area contributed by atoms with E-state index in [1.165, 1.54) is 0 Å². The van der Waals surface area contributed by atoms with E-state index < -0.39 is 0 Å². The summed E-state index contributed by atoms with van der Waals surface area (Å²) in [6, 6.07) is 9.25. The van der Waals surface area contributed by atoms with Gasteiger partial charge in [-0.05, 0) is 30.5 Å². The normalized spacial score (nSPS) is 10.1. The molecule has 0 atom stereocenters. The third-order valence-corrected chi connectivity index (χ3v) is 3.05. The van der Waals surface area contributed by atoms with E-state index in [1.54, 1.807) is 12.1 Å². The summed E-state index contributed by atoms with van der Waals surface area (Å²) in [6.07, 6.45) is 1.45. The maximum atomic E-state index is 9.37. The highest BCUT2D eigenvalue weighted by molar-refractivity contribution is 5.55. The summed E-state index contributed by atoms with van der Waals surface area (Å²) in [7, 11) is 0. The Morgan fingerprint density at radius 2 is 1.95 bits per heavy atom. The van der Waals surface area contributed by atoms with Gasteiger partial charge in [-0.3, -0.25) is 0 Å². The van der Waals surface area contributed by atoms with Crippen LogP contribution in [0.2, 0.25) is 0 Å². The van der Waals surface area contributed by atoms with Gasteiger partial charge >= 0.3 is 0 Å². The summed E-state index contributed by atoms with van der Waals surface area (Å²) in [5.41, 5.74) is 8.47. The van der Waals surface area contributed by atoms with Crippen LogP contribution in [0.3, 0.4) is 0 Å². The van der Waals surface area contributed by atoms with Crippen LogP contribution in [0.15, 0.2) is 24.3 Å². The molecule has 0 bridgehead atoms. The molecular formula is C15H16N4O. The molecule has 20 heavy (non-hydrogen) atoms. The van der Waals surface area contributed by atoms with Crippen LogP contribution in [-0.4, -0.2) is 10.2 Å². The molecule has 0 amide bonds. The third-order valence-electron chi connectivity index (χ3n) is 3.05. The number of nitrogen functional groups attached to an aromatic ring is 1. The van der Waals surface area contributed by atoms with Crippen molar-refractivity contribution in [2.45, 2.75) is 26.7 Å². The first-order valence-corrected chi connectivity index (χ1v) is 6.52. The van der Waals surface area contributed by atoms with Crippen molar-refractivity contribution in [1.82, 2.24) is 10.2 Å². The summed E-state index contributed by atoms with van der Waals surface area (Å²) < 4.78 is 5.65. The Morgan fingerprint density at radius 1 is 1.20 bits per heavy atom. The molecule has 0 radical (unpaired) electrons. The molecule has 0 saturated carbocycles. The molecule has 0 fully saturated rings. The molecule has 0 aliphatic carbocycles. The fraction of sp³-hybridized carbons (Fsp3) is 0.267. The van der Waals surface area contributed by atoms with Gasteiger partial charge in [0.2, 0.25) is 0 Å². The highest BCUT2D eigenvalue weighted by Gasteiger charge is 2.16. The molecule has 102 valence electrons. The minimum absolute atomic E-state index is 0.208. The summed E-state index contributed by atoms with van der Waals surface area (Å²) in [6.45, 7) is 3.97. The largest absolute Gasteiger partial charge is 0.434 e. The minimum Gasteiger partial charge on any atom is -0.434 e. The monoisotopic (exact) mass is 268 g/mol. The maximum Gasteiger partial charge on any atom is 0.257 e. The Morgan fingerprint density at radius 3 is 2.55 bits per heavy atom. The van der Waals surface area contributed by atoms with Crippen LogP contribution in [0.4, 0.5) is 5.69 Å². The van der Waals surface area contributed by atoms with Crippen LogP contribution in [0.1, 0.15) is 30.7 Å². The Bertz CT molecular complexity index is 661. The topological polar surface area (TPSA) is 84.8 Å². The molecule has 0 unspecified atom stereocenters. The van der Waals surface area contributed by atoms with Gasteiger partial charge in [-0.2, -0.15) is 10.4 Å². The number of hydrogen-bond acceptors (Lipinski definition) is 5. The average Bonchev–Trinajstić information content (AvgIpc) is 2.48. The molecule has 1 aromatic heterocycles. The first kappa shape index (κ1) is 13.8. The minimum atomic E-state index is 0.208. The van der Waals surface area contributed by atoms with Gasteiger partial charge in [-0.1, -0.05) is 26.0 Å². The maximum absolute atomic E-state index is 9.37. The van der Waals surface area contributed by atoms with Crippen molar-refractivity contribution < 1.29 is 4.74 Å². The van der Waals surface area contributed by atoms with Crippen molar-refractivity contribution in [1.29, 1.82) is 5.26 Å². The zero-order chi connectivity index (χ0) is 14.5. The van der Waals surface area contributed by atoms with Gasteiger partial charge in [0.15, 0.2) is 5.75 Å². The molecule has 1 aromatic carbocycles. The molecule has 1 heterocycles. The molecule has 0 saturated heterocycles. The lowest BCUT2D eigenvalue weighted by Gasteiger charge is -2.12. The predicted molar refractivity (Wildman–Crippen MR) is 76.4 cm³/mol. The number of aryl methyl sites for hydroxylation is 1. The molecule has 5 heteroatoms.